The summed E-state index contributed by atoms with van der Waals surface area (Å²) < 4.78 is 13.3. The quantitative estimate of drug-likeness (QED) is 0.629. The largest absolute Gasteiger partial charge is 0.295 e. The number of ketones is 1. The number of piperidine rings is 1. The molecule has 1 amide bonds. The first-order chi connectivity index (χ1) is 13.9. The third-order valence-electron chi connectivity index (χ3n) is 6.23. The molecule has 0 N–H and O–H groups in total. The van der Waals surface area contributed by atoms with Gasteiger partial charge in [0.15, 0.2) is 5.78 Å². The van der Waals surface area contributed by atoms with Gasteiger partial charge in [-0.2, -0.15) is 0 Å². The number of likely N-dealkylation sites (tertiary alicyclic amines) is 1. The van der Waals surface area contributed by atoms with E-state index in [-0.39, 0.29) is 42.5 Å². The summed E-state index contributed by atoms with van der Waals surface area (Å²) in [4.78, 5) is 30.6. The average Bonchev–Trinajstić information content (AvgIpc) is 2.93. The first-order valence-electron chi connectivity index (χ1n) is 10.4. The fourth-order valence-electron chi connectivity index (χ4n) is 4.55. The molecule has 160 valence electrons. The summed E-state index contributed by atoms with van der Waals surface area (Å²) in [6.07, 6.45) is 3.17. The van der Waals surface area contributed by atoms with E-state index in [1.165, 1.54) is 30.7 Å². The molecule has 0 radical (unpaired) electrons. The Hall–Kier alpha value is -2.24. The summed E-state index contributed by atoms with van der Waals surface area (Å²) in [6.45, 7) is 5.63. The molecule has 1 atom stereocenters. The highest BCUT2D eigenvalue weighted by molar-refractivity contribution is 6.08. The molecule has 0 aromatic heterocycles. The summed E-state index contributed by atoms with van der Waals surface area (Å²) in [5, 5.41) is 0. The van der Waals surface area contributed by atoms with Gasteiger partial charge in [0, 0.05) is 30.8 Å². The second-order valence-electron chi connectivity index (χ2n) is 8.53. The van der Waals surface area contributed by atoms with Crippen molar-refractivity contribution in [2.45, 2.75) is 51.1 Å². The Morgan fingerprint density at radius 1 is 1.03 bits per heavy atom. The van der Waals surface area contributed by atoms with E-state index < -0.39 is 5.41 Å². The van der Waals surface area contributed by atoms with Crippen molar-refractivity contribution in [1.82, 2.24) is 4.90 Å². The molecular weight excluding hydrogens is 403 g/mol. The van der Waals surface area contributed by atoms with E-state index in [1.807, 2.05) is 43.0 Å². The number of halogens is 2. The van der Waals surface area contributed by atoms with Crippen LogP contribution in [0.25, 0.3) is 0 Å². The molecule has 2 aromatic rings. The first kappa shape index (κ1) is 22.4. The van der Waals surface area contributed by atoms with Crippen molar-refractivity contribution < 1.29 is 14.0 Å². The Morgan fingerprint density at radius 3 is 2.33 bits per heavy atom. The summed E-state index contributed by atoms with van der Waals surface area (Å²) in [5.74, 6) is -0.406. The van der Waals surface area contributed by atoms with Crippen LogP contribution in [-0.2, 0) is 10.2 Å². The number of hydrogen-bond donors (Lipinski definition) is 0. The summed E-state index contributed by atoms with van der Waals surface area (Å²) >= 11 is 0. The molecule has 1 unspecified atom stereocenters. The van der Waals surface area contributed by atoms with Gasteiger partial charge in [0.1, 0.15) is 5.82 Å². The van der Waals surface area contributed by atoms with Gasteiger partial charge in [0.05, 0.1) is 11.6 Å². The number of carbonyl (C=O) groups excluding carboxylic acids is 2. The number of carbonyl (C=O) groups is 2. The van der Waals surface area contributed by atoms with Crippen LogP contribution in [0.15, 0.2) is 48.5 Å². The van der Waals surface area contributed by atoms with Gasteiger partial charge in [-0.15, -0.1) is 12.4 Å². The molecule has 0 spiro atoms. The second kappa shape index (κ2) is 8.86. The fourth-order valence-corrected chi connectivity index (χ4v) is 4.55. The second-order valence-corrected chi connectivity index (χ2v) is 8.53. The third kappa shape index (κ3) is 4.01. The number of amides is 1. The molecule has 30 heavy (non-hydrogen) atoms. The molecule has 0 saturated carbocycles. The molecule has 2 heterocycles. The van der Waals surface area contributed by atoms with E-state index in [1.54, 1.807) is 0 Å². The molecule has 2 aliphatic heterocycles. The van der Waals surface area contributed by atoms with Crippen LogP contribution in [0.2, 0.25) is 0 Å². The molecule has 2 aromatic carbocycles. The monoisotopic (exact) mass is 430 g/mol. The lowest BCUT2D eigenvalue weighted by Crippen LogP contribution is -2.54. The zero-order valence-corrected chi connectivity index (χ0v) is 18.3. The van der Waals surface area contributed by atoms with Gasteiger partial charge in [0.25, 0.3) is 0 Å². The lowest BCUT2D eigenvalue weighted by Gasteiger charge is -2.40. The molecule has 1 saturated heterocycles. The van der Waals surface area contributed by atoms with E-state index in [0.29, 0.717) is 5.56 Å². The molecule has 2 aliphatic rings. The number of anilines is 1. The van der Waals surface area contributed by atoms with Crippen LogP contribution < -0.4 is 4.90 Å². The predicted octanol–water partition coefficient (Wildman–Crippen LogP) is 4.96. The molecule has 0 aliphatic carbocycles. The van der Waals surface area contributed by atoms with Gasteiger partial charge in [-0.1, -0.05) is 24.6 Å². The zero-order chi connectivity index (χ0) is 20.6. The summed E-state index contributed by atoms with van der Waals surface area (Å²) in [6, 6.07) is 13.5. The number of rotatable bonds is 5. The first-order valence-corrected chi connectivity index (χ1v) is 10.4. The number of para-hydroxylation sites is 1. The Morgan fingerprint density at radius 2 is 1.67 bits per heavy atom. The van der Waals surface area contributed by atoms with E-state index in [9.17, 15) is 14.0 Å². The molecular formula is C24H28ClFN2O2. The topological polar surface area (TPSA) is 40.6 Å². The van der Waals surface area contributed by atoms with Gasteiger partial charge in [-0.3, -0.25) is 19.4 Å². The van der Waals surface area contributed by atoms with Gasteiger partial charge >= 0.3 is 0 Å². The van der Waals surface area contributed by atoms with Crippen molar-refractivity contribution in [3.63, 3.8) is 0 Å². The maximum atomic E-state index is 13.5. The van der Waals surface area contributed by atoms with Crippen LogP contribution in [0.5, 0.6) is 0 Å². The maximum Gasteiger partial charge on any atom is 0.238 e. The summed E-state index contributed by atoms with van der Waals surface area (Å²) in [5.41, 5.74) is 1.75. The van der Waals surface area contributed by atoms with Crippen molar-refractivity contribution in [1.29, 1.82) is 0 Å². The molecule has 4 nitrogen and oxygen atoms in total. The lowest BCUT2D eigenvalue weighted by atomic mass is 9.86. The Balaban J connectivity index is 0.00000256. The fraction of sp³-hybridized carbons (Fsp3) is 0.417. The highest BCUT2D eigenvalue weighted by atomic mass is 35.5. The maximum absolute atomic E-state index is 13.5. The Labute approximate surface area is 183 Å². The van der Waals surface area contributed by atoms with Crippen LogP contribution in [0.1, 0.15) is 55.5 Å². The van der Waals surface area contributed by atoms with Crippen molar-refractivity contribution in [2.75, 3.05) is 18.0 Å². The molecule has 4 rings (SSSR count). The highest BCUT2D eigenvalue weighted by Crippen LogP contribution is 2.43. The van der Waals surface area contributed by atoms with Gasteiger partial charge < -0.3 is 0 Å². The minimum absolute atomic E-state index is 0. The average molecular weight is 431 g/mol. The Bertz CT molecular complexity index is 923. The number of fused-ring (bicyclic) bond motifs is 1. The summed E-state index contributed by atoms with van der Waals surface area (Å²) in [7, 11) is 0. The number of hydrogen-bond acceptors (Lipinski definition) is 3. The van der Waals surface area contributed by atoms with Crippen LogP contribution in [0, 0.1) is 5.82 Å². The van der Waals surface area contributed by atoms with E-state index >= 15 is 0 Å². The normalized spacial score (nSPS) is 19.2. The molecule has 1 fully saturated rings. The predicted molar refractivity (Wildman–Crippen MR) is 119 cm³/mol. The van der Waals surface area contributed by atoms with E-state index in [0.717, 1.165) is 37.2 Å². The minimum atomic E-state index is -0.621. The smallest absolute Gasteiger partial charge is 0.238 e. The van der Waals surface area contributed by atoms with Crippen LogP contribution in [-0.4, -0.2) is 35.8 Å². The van der Waals surface area contributed by atoms with Crippen LogP contribution >= 0.6 is 12.4 Å². The lowest BCUT2D eigenvalue weighted by molar-refractivity contribution is -0.123. The highest BCUT2D eigenvalue weighted by Gasteiger charge is 2.47. The van der Waals surface area contributed by atoms with E-state index in [4.69, 9.17) is 0 Å². The van der Waals surface area contributed by atoms with Crippen LogP contribution in [0.3, 0.4) is 0 Å². The van der Waals surface area contributed by atoms with Crippen LogP contribution in [0.4, 0.5) is 10.1 Å². The standard InChI is InChI=1S/C24H27FN2O2.ClH/c1-24(2)19-8-4-5-9-20(19)27(23(24)29)22(26-14-6-3-7-15-26)16-21(28)17-10-12-18(25)13-11-17;/h4-5,8-13,22H,3,6-7,14-16H2,1-2H3;1H. The number of benzene rings is 2. The Kier molecular flexibility index (Phi) is 6.63. The zero-order valence-electron chi connectivity index (χ0n) is 17.4. The van der Waals surface area contributed by atoms with Crippen molar-refractivity contribution in [3.05, 3.63) is 65.5 Å². The van der Waals surface area contributed by atoms with Crippen molar-refractivity contribution >= 4 is 29.8 Å². The van der Waals surface area contributed by atoms with Gasteiger partial charge in [-0.05, 0) is 62.6 Å². The van der Waals surface area contributed by atoms with E-state index in [2.05, 4.69) is 4.90 Å². The molecule has 6 heteroatoms. The van der Waals surface area contributed by atoms with Gasteiger partial charge in [-0.25, -0.2) is 4.39 Å². The number of nitrogens with zero attached hydrogens (tertiary/aromatic N) is 2. The third-order valence-corrected chi connectivity index (χ3v) is 6.23. The van der Waals surface area contributed by atoms with Crippen molar-refractivity contribution in [3.8, 4) is 0 Å². The minimum Gasteiger partial charge on any atom is -0.295 e. The molecule has 0 bridgehead atoms. The SMILES string of the molecule is CC1(C)C(=O)N(C(CC(=O)c2ccc(F)cc2)N2CCCCC2)c2ccccc21.Cl. The van der Waals surface area contributed by atoms with Gasteiger partial charge in [0.2, 0.25) is 5.91 Å². The number of Topliss-reactive ketones (excluding diaryl/α,β-unsaturated/α-hetero) is 1. The van der Waals surface area contributed by atoms with Crippen molar-refractivity contribution in [2.24, 2.45) is 0 Å².